The average Bonchev–Trinajstić information content (AvgIpc) is 2.98. The van der Waals surface area contributed by atoms with Crippen molar-refractivity contribution in [3.05, 3.63) is 59.7 Å². The van der Waals surface area contributed by atoms with Gasteiger partial charge in [0, 0.05) is 12.0 Å². The maximum Gasteiger partial charge on any atom is 0.407 e. The molecule has 2 aromatic carbocycles. The lowest BCUT2D eigenvalue weighted by atomic mass is 9.93. The quantitative estimate of drug-likeness (QED) is 0.471. The smallest absolute Gasteiger partial charge is 0.407 e. The zero-order valence-corrected chi connectivity index (χ0v) is 20.2. The second-order valence-corrected chi connectivity index (χ2v) is 9.51. The standard InChI is InChI=1S/C28H34N2O5/c1-2-10-25(27(32)33)29-26(31)22-15-4-3-5-16-24(22)30-28(34)35-17-23-20-13-8-6-11-18(20)19-12-7-9-14-21(19)23/h6-9,11-14,22-25H,2-5,10,15-17H2,1H3,(H,29,31)(H,30,34)(H,32,33)/t22?,24?,25-/m1/s1. The first-order chi connectivity index (χ1) is 17.0. The molecule has 2 unspecified atom stereocenters. The molecule has 0 radical (unpaired) electrons. The molecule has 2 aliphatic carbocycles. The van der Waals surface area contributed by atoms with Gasteiger partial charge in [-0.2, -0.15) is 0 Å². The Bertz CT molecular complexity index is 1020. The highest BCUT2D eigenvalue weighted by molar-refractivity contribution is 5.86. The fraction of sp³-hybridized carbons (Fsp3) is 0.464. The number of amides is 2. The molecule has 186 valence electrons. The minimum absolute atomic E-state index is 0.0354. The third-order valence-electron chi connectivity index (χ3n) is 7.19. The van der Waals surface area contributed by atoms with Crippen LogP contribution < -0.4 is 10.6 Å². The van der Waals surface area contributed by atoms with Gasteiger partial charge in [0.15, 0.2) is 0 Å². The minimum Gasteiger partial charge on any atom is -0.480 e. The second-order valence-electron chi connectivity index (χ2n) is 9.51. The summed E-state index contributed by atoms with van der Waals surface area (Å²) in [6.45, 7) is 2.09. The normalized spacial score (nSPS) is 20.1. The summed E-state index contributed by atoms with van der Waals surface area (Å²) in [6, 6.07) is 15.0. The van der Waals surface area contributed by atoms with Crippen LogP contribution in [0.25, 0.3) is 11.1 Å². The van der Waals surface area contributed by atoms with Gasteiger partial charge in [-0.15, -0.1) is 0 Å². The van der Waals surface area contributed by atoms with Crippen LogP contribution in [0.15, 0.2) is 48.5 Å². The molecule has 3 atom stereocenters. The van der Waals surface area contributed by atoms with Crippen LogP contribution in [0.5, 0.6) is 0 Å². The second kappa shape index (κ2) is 11.4. The van der Waals surface area contributed by atoms with Gasteiger partial charge in [0.25, 0.3) is 0 Å². The number of rotatable bonds is 8. The van der Waals surface area contributed by atoms with Crippen LogP contribution in [0.1, 0.15) is 68.9 Å². The lowest BCUT2D eigenvalue weighted by Crippen LogP contribution is -2.50. The van der Waals surface area contributed by atoms with Gasteiger partial charge in [-0.1, -0.05) is 81.1 Å². The first kappa shape index (κ1) is 24.8. The maximum atomic E-state index is 13.0. The van der Waals surface area contributed by atoms with Gasteiger partial charge < -0.3 is 20.5 Å². The van der Waals surface area contributed by atoms with Crippen LogP contribution >= 0.6 is 0 Å². The number of hydrogen-bond acceptors (Lipinski definition) is 4. The zero-order valence-electron chi connectivity index (χ0n) is 20.2. The number of ether oxygens (including phenoxy) is 1. The molecule has 2 aliphatic rings. The van der Waals surface area contributed by atoms with E-state index in [1.807, 2.05) is 31.2 Å². The van der Waals surface area contributed by atoms with E-state index < -0.39 is 24.0 Å². The van der Waals surface area contributed by atoms with E-state index in [2.05, 4.69) is 34.9 Å². The average molecular weight is 479 g/mol. The van der Waals surface area contributed by atoms with E-state index >= 15 is 0 Å². The van der Waals surface area contributed by atoms with E-state index in [1.165, 1.54) is 0 Å². The Morgan fingerprint density at radius 1 is 0.971 bits per heavy atom. The van der Waals surface area contributed by atoms with Crippen LogP contribution in [-0.2, 0) is 14.3 Å². The van der Waals surface area contributed by atoms with Gasteiger partial charge in [-0.25, -0.2) is 9.59 Å². The summed E-state index contributed by atoms with van der Waals surface area (Å²) in [5.74, 6) is -1.85. The minimum atomic E-state index is -1.03. The number of benzene rings is 2. The number of carboxylic acid groups (broad SMARTS) is 1. The van der Waals surface area contributed by atoms with Gasteiger partial charge in [0.1, 0.15) is 12.6 Å². The molecule has 0 bridgehead atoms. The van der Waals surface area contributed by atoms with E-state index in [-0.39, 0.29) is 24.5 Å². The summed E-state index contributed by atoms with van der Waals surface area (Å²) >= 11 is 0. The van der Waals surface area contributed by atoms with Crippen molar-refractivity contribution in [3.63, 3.8) is 0 Å². The number of nitrogens with one attached hydrogen (secondary N) is 2. The number of fused-ring (bicyclic) bond motifs is 3. The molecule has 4 rings (SSSR count). The Morgan fingerprint density at radius 2 is 1.60 bits per heavy atom. The molecule has 7 heteroatoms. The van der Waals surface area contributed by atoms with Gasteiger partial charge >= 0.3 is 12.1 Å². The number of hydrogen-bond donors (Lipinski definition) is 3. The van der Waals surface area contributed by atoms with Crippen molar-refractivity contribution in [2.45, 2.75) is 69.9 Å². The number of aliphatic carboxylic acids is 1. The van der Waals surface area contributed by atoms with E-state index in [0.717, 1.165) is 41.5 Å². The van der Waals surface area contributed by atoms with E-state index in [0.29, 0.717) is 25.7 Å². The molecular formula is C28H34N2O5. The first-order valence-electron chi connectivity index (χ1n) is 12.6. The Morgan fingerprint density at radius 3 is 2.23 bits per heavy atom. The summed E-state index contributed by atoms with van der Waals surface area (Å²) in [5, 5.41) is 15.0. The molecule has 1 fully saturated rings. The molecule has 0 heterocycles. The van der Waals surface area contributed by atoms with Crippen molar-refractivity contribution in [2.75, 3.05) is 6.61 Å². The highest BCUT2D eigenvalue weighted by atomic mass is 16.5. The van der Waals surface area contributed by atoms with Crippen molar-refractivity contribution >= 4 is 18.0 Å². The number of carboxylic acids is 1. The number of carbonyl (C=O) groups excluding carboxylic acids is 2. The van der Waals surface area contributed by atoms with Gasteiger partial charge in [-0.3, -0.25) is 4.79 Å². The van der Waals surface area contributed by atoms with Crippen LogP contribution in [0, 0.1) is 5.92 Å². The fourth-order valence-electron chi connectivity index (χ4n) is 5.41. The Kier molecular flexibility index (Phi) is 8.06. The predicted molar refractivity (Wildman–Crippen MR) is 133 cm³/mol. The predicted octanol–water partition coefficient (Wildman–Crippen LogP) is 4.84. The Hall–Kier alpha value is -3.35. The third-order valence-corrected chi connectivity index (χ3v) is 7.19. The van der Waals surface area contributed by atoms with Crippen LogP contribution in [0.4, 0.5) is 4.79 Å². The van der Waals surface area contributed by atoms with E-state index in [4.69, 9.17) is 4.74 Å². The molecule has 0 spiro atoms. The molecular weight excluding hydrogens is 444 g/mol. The largest absolute Gasteiger partial charge is 0.480 e. The summed E-state index contributed by atoms with van der Waals surface area (Å²) in [5.41, 5.74) is 4.61. The molecule has 3 N–H and O–H groups in total. The molecule has 2 aromatic rings. The summed E-state index contributed by atoms with van der Waals surface area (Å²) < 4.78 is 5.69. The lowest BCUT2D eigenvalue weighted by Gasteiger charge is -2.27. The number of alkyl carbamates (subject to hydrolysis) is 1. The number of carbonyl (C=O) groups is 3. The van der Waals surface area contributed by atoms with Gasteiger partial charge in [0.2, 0.25) is 5.91 Å². The highest BCUT2D eigenvalue weighted by Gasteiger charge is 2.34. The van der Waals surface area contributed by atoms with Gasteiger partial charge in [0.05, 0.1) is 5.92 Å². The topological polar surface area (TPSA) is 105 Å². The summed E-state index contributed by atoms with van der Waals surface area (Å²) in [4.78, 5) is 37.4. The molecule has 1 saturated carbocycles. The van der Waals surface area contributed by atoms with Crippen LogP contribution in [0.3, 0.4) is 0 Å². The van der Waals surface area contributed by atoms with E-state index in [1.54, 1.807) is 0 Å². The summed E-state index contributed by atoms with van der Waals surface area (Å²) in [7, 11) is 0. The fourth-order valence-corrected chi connectivity index (χ4v) is 5.41. The lowest BCUT2D eigenvalue weighted by molar-refractivity contribution is -0.142. The van der Waals surface area contributed by atoms with Crippen molar-refractivity contribution in [2.24, 2.45) is 5.92 Å². The van der Waals surface area contributed by atoms with Crippen LogP contribution in [0.2, 0.25) is 0 Å². The molecule has 7 nitrogen and oxygen atoms in total. The Balaban J connectivity index is 1.41. The summed E-state index contributed by atoms with van der Waals surface area (Å²) in [6.07, 6.45) is 4.50. The molecule has 0 aromatic heterocycles. The molecule has 0 aliphatic heterocycles. The highest BCUT2D eigenvalue weighted by Crippen LogP contribution is 2.44. The Labute approximate surface area is 206 Å². The van der Waals surface area contributed by atoms with Gasteiger partial charge in [-0.05, 0) is 41.5 Å². The van der Waals surface area contributed by atoms with Crippen molar-refractivity contribution in [3.8, 4) is 11.1 Å². The SMILES string of the molecule is CCC[C@@H](NC(=O)C1CCCCCC1NC(=O)OCC1c2ccccc2-c2ccccc21)C(=O)O. The van der Waals surface area contributed by atoms with Crippen molar-refractivity contribution < 1.29 is 24.2 Å². The maximum absolute atomic E-state index is 13.0. The first-order valence-corrected chi connectivity index (χ1v) is 12.6. The van der Waals surface area contributed by atoms with E-state index in [9.17, 15) is 19.5 Å². The third kappa shape index (κ3) is 5.66. The van der Waals surface area contributed by atoms with Crippen LogP contribution in [-0.4, -0.2) is 41.8 Å². The van der Waals surface area contributed by atoms with Crippen molar-refractivity contribution in [1.29, 1.82) is 0 Å². The molecule has 0 saturated heterocycles. The molecule has 2 amide bonds. The van der Waals surface area contributed by atoms with Crippen molar-refractivity contribution in [1.82, 2.24) is 10.6 Å². The molecule has 35 heavy (non-hydrogen) atoms. The monoisotopic (exact) mass is 478 g/mol. The zero-order chi connectivity index (χ0) is 24.8.